The number of hydrogen-bond donors (Lipinski definition) is 0. The number of hydrogen-bond acceptors (Lipinski definition) is 0. The molecule has 0 spiro atoms. The van der Waals surface area contributed by atoms with E-state index in [1.54, 1.807) is 7.05 Å². The fourth-order valence-corrected chi connectivity index (χ4v) is 1.10. The van der Waals surface area contributed by atoms with Crippen molar-refractivity contribution in [2.45, 2.75) is 12.6 Å². The second kappa shape index (κ2) is 4.46. The highest BCUT2D eigenvalue weighted by Crippen LogP contribution is 2.29. The van der Waals surface area contributed by atoms with Gasteiger partial charge in [-0.3, -0.25) is 0 Å². The Bertz CT molecular complexity index is 276. The minimum atomic E-state index is -4.24. The highest BCUT2D eigenvalue weighted by Gasteiger charge is 2.29. The van der Waals surface area contributed by atoms with E-state index in [9.17, 15) is 13.2 Å². The molecule has 0 fully saturated rings. The number of alkyl halides is 3. The van der Waals surface area contributed by atoms with Crippen molar-refractivity contribution in [1.82, 2.24) is 0 Å². The van der Waals surface area contributed by atoms with E-state index in [1.165, 1.54) is 12.1 Å². The summed E-state index contributed by atoms with van der Waals surface area (Å²) in [6.07, 6.45) is -3.55. The topological polar surface area (TPSA) is 14.1 Å². The summed E-state index contributed by atoms with van der Waals surface area (Å²) in [5.74, 6) is 0. The largest absolute Gasteiger partial charge is 0.665 e. The van der Waals surface area contributed by atoms with E-state index in [2.05, 4.69) is 5.32 Å². The quantitative estimate of drug-likeness (QED) is 0.714. The fraction of sp³-hybridized carbons (Fsp3) is 0.400. The Morgan fingerprint density at radius 3 is 2.14 bits per heavy atom. The lowest BCUT2D eigenvalue weighted by Gasteiger charge is -2.11. The molecule has 0 N–H and O–H groups in total. The third-order valence-corrected chi connectivity index (χ3v) is 1.91. The first-order valence-corrected chi connectivity index (χ1v) is 4.26. The third kappa shape index (κ3) is 3.03. The molecule has 1 aromatic rings. The Morgan fingerprint density at radius 1 is 1.14 bits per heavy atom. The molecule has 1 nitrogen and oxygen atoms in total. The molecule has 0 atom stereocenters. The van der Waals surface area contributed by atoms with Crippen molar-refractivity contribution >= 4 is 0 Å². The fourth-order valence-electron chi connectivity index (χ4n) is 1.10. The molecule has 1 rings (SSSR count). The average Bonchev–Trinajstić information content (AvgIpc) is 2.14. The minimum Gasteiger partial charge on any atom is -0.665 e. The van der Waals surface area contributed by atoms with Gasteiger partial charge in [0.25, 0.3) is 0 Å². The van der Waals surface area contributed by atoms with Crippen LogP contribution in [0.25, 0.3) is 5.32 Å². The first-order valence-electron chi connectivity index (χ1n) is 4.26. The lowest BCUT2D eigenvalue weighted by atomic mass is 10.1. The lowest BCUT2D eigenvalue weighted by Crippen LogP contribution is -2.04. The molecule has 0 aliphatic carbocycles. The summed E-state index contributed by atoms with van der Waals surface area (Å²) in [6.45, 7) is 0.644. The van der Waals surface area contributed by atoms with Crippen LogP contribution in [0.4, 0.5) is 13.2 Å². The van der Waals surface area contributed by atoms with Crippen molar-refractivity contribution in [3.8, 4) is 0 Å². The van der Waals surface area contributed by atoms with E-state index < -0.39 is 11.7 Å². The van der Waals surface area contributed by atoms with Gasteiger partial charge in [-0.15, -0.1) is 6.54 Å². The van der Waals surface area contributed by atoms with Gasteiger partial charge in [-0.25, -0.2) is 0 Å². The zero-order chi connectivity index (χ0) is 10.6. The van der Waals surface area contributed by atoms with Crippen LogP contribution in [0.15, 0.2) is 24.3 Å². The van der Waals surface area contributed by atoms with Gasteiger partial charge >= 0.3 is 6.18 Å². The van der Waals surface area contributed by atoms with Crippen LogP contribution in [0.3, 0.4) is 0 Å². The van der Waals surface area contributed by atoms with Crippen LogP contribution in [0, 0.1) is 0 Å². The van der Waals surface area contributed by atoms with Crippen molar-refractivity contribution < 1.29 is 13.2 Å². The molecule has 0 radical (unpaired) electrons. The SMILES string of the molecule is C[N-]CCc1ccc(C(F)(F)F)cc1. The maximum atomic E-state index is 12.2. The predicted octanol–water partition coefficient (Wildman–Crippen LogP) is 3.25. The normalized spacial score (nSPS) is 11.7. The maximum absolute atomic E-state index is 12.2. The number of halogens is 3. The molecule has 0 unspecified atom stereocenters. The first-order chi connectivity index (χ1) is 6.54. The zero-order valence-electron chi connectivity index (χ0n) is 7.80. The molecule has 0 aromatic heterocycles. The summed E-state index contributed by atoms with van der Waals surface area (Å²) >= 11 is 0. The molecule has 0 bridgehead atoms. The summed E-state index contributed by atoms with van der Waals surface area (Å²) in [6, 6.07) is 5.19. The van der Waals surface area contributed by atoms with Crippen molar-refractivity contribution in [3.05, 3.63) is 40.7 Å². The molecule has 0 amide bonds. The molecule has 0 saturated heterocycles. The summed E-state index contributed by atoms with van der Waals surface area (Å²) < 4.78 is 36.5. The molecule has 14 heavy (non-hydrogen) atoms. The summed E-state index contributed by atoms with van der Waals surface area (Å²) in [5.41, 5.74) is 0.276. The van der Waals surface area contributed by atoms with E-state index in [1.807, 2.05) is 0 Å². The number of rotatable bonds is 3. The van der Waals surface area contributed by atoms with Crippen LogP contribution >= 0.6 is 0 Å². The van der Waals surface area contributed by atoms with E-state index in [0.717, 1.165) is 17.7 Å². The van der Waals surface area contributed by atoms with E-state index >= 15 is 0 Å². The predicted molar refractivity (Wildman–Crippen MR) is 49.3 cm³/mol. The van der Waals surface area contributed by atoms with E-state index in [0.29, 0.717) is 13.0 Å². The zero-order valence-corrected chi connectivity index (χ0v) is 7.80. The Labute approximate surface area is 80.9 Å². The van der Waals surface area contributed by atoms with Gasteiger partial charge in [-0.2, -0.15) is 20.2 Å². The van der Waals surface area contributed by atoms with Gasteiger partial charge in [0.2, 0.25) is 0 Å². The Morgan fingerprint density at radius 2 is 1.71 bits per heavy atom. The Balaban J connectivity index is 2.69. The number of benzene rings is 1. The van der Waals surface area contributed by atoms with E-state index in [4.69, 9.17) is 0 Å². The average molecular weight is 202 g/mol. The number of likely N-dealkylation sites (N-methyl/N-ethyl adjacent to an activating group) is 1. The van der Waals surface area contributed by atoms with Crippen LogP contribution in [0.2, 0.25) is 0 Å². The molecule has 0 heterocycles. The minimum absolute atomic E-state index is 0.602. The molecular formula is C10H11F3N-. The van der Waals surface area contributed by atoms with Crippen LogP contribution in [0.1, 0.15) is 11.1 Å². The second-order valence-corrected chi connectivity index (χ2v) is 2.98. The van der Waals surface area contributed by atoms with Crippen LogP contribution in [-0.2, 0) is 12.6 Å². The van der Waals surface area contributed by atoms with Crippen LogP contribution in [0.5, 0.6) is 0 Å². The standard InChI is InChI=1S/C10H11F3N/c1-14-7-6-8-2-4-9(5-3-8)10(11,12)13/h2-5H,6-7H2,1H3/q-1. The van der Waals surface area contributed by atoms with Gasteiger partial charge < -0.3 is 5.32 Å². The van der Waals surface area contributed by atoms with Gasteiger partial charge in [0.05, 0.1) is 5.56 Å². The van der Waals surface area contributed by atoms with E-state index in [-0.39, 0.29) is 0 Å². The highest BCUT2D eigenvalue weighted by atomic mass is 19.4. The van der Waals surface area contributed by atoms with Crippen molar-refractivity contribution in [2.75, 3.05) is 13.6 Å². The summed E-state index contributed by atoms with van der Waals surface area (Å²) in [7, 11) is 1.68. The van der Waals surface area contributed by atoms with Crippen molar-refractivity contribution in [1.29, 1.82) is 0 Å². The Hall–Kier alpha value is -1.03. The van der Waals surface area contributed by atoms with Crippen molar-refractivity contribution in [2.24, 2.45) is 0 Å². The van der Waals surface area contributed by atoms with Crippen LogP contribution in [-0.4, -0.2) is 13.6 Å². The van der Waals surface area contributed by atoms with Gasteiger partial charge in [0, 0.05) is 0 Å². The van der Waals surface area contributed by atoms with Gasteiger partial charge in [-0.05, 0) is 24.1 Å². The van der Waals surface area contributed by atoms with Crippen molar-refractivity contribution in [3.63, 3.8) is 0 Å². The summed E-state index contributed by atoms with van der Waals surface area (Å²) in [4.78, 5) is 0. The molecular weight excluding hydrogens is 191 g/mol. The third-order valence-electron chi connectivity index (χ3n) is 1.91. The molecule has 78 valence electrons. The molecule has 0 aliphatic heterocycles. The molecule has 0 aliphatic rings. The number of nitrogens with zero attached hydrogens (tertiary/aromatic N) is 1. The second-order valence-electron chi connectivity index (χ2n) is 2.98. The molecule has 1 aromatic carbocycles. The monoisotopic (exact) mass is 202 g/mol. The molecule has 0 saturated carbocycles. The first kappa shape index (κ1) is 11.0. The summed E-state index contributed by atoms with van der Waals surface area (Å²) in [5, 5.41) is 3.88. The van der Waals surface area contributed by atoms with Gasteiger partial charge in [0.1, 0.15) is 0 Å². The lowest BCUT2D eigenvalue weighted by molar-refractivity contribution is -0.137. The Kier molecular flexibility index (Phi) is 3.52. The van der Waals surface area contributed by atoms with Crippen LogP contribution < -0.4 is 0 Å². The molecule has 4 heteroatoms. The van der Waals surface area contributed by atoms with Gasteiger partial charge in [0.15, 0.2) is 0 Å². The highest BCUT2D eigenvalue weighted by molar-refractivity contribution is 5.25. The van der Waals surface area contributed by atoms with Gasteiger partial charge in [-0.1, -0.05) is 12.1 Å². The maximum Gasteiger partial charge on any atom is 0.416 e. The smallest absolute Gasteiger partial charge is 0.416 e.